The molecule has 0 spiro atoms. The average molecular weight is 237 g/mol. The van der Waals surface area contributed by atoms with Crippen molar-refractivity contribution in [3.63, 3.8) is 0 Å². The maximum atomic E-state index is 5.56. The van der Waals surface area contributed by atoms with Crippen molar-refractivity contribution in [3.8, 4) is 0 Å². The molecule has 1 rings (SSSR count). The van der Waals surface area contributed by atoms with E-state index in [2.05, 4.69) is 24.8 Å². The normalized spacial score (nSPS) is 12.3. The molecular formula is C12H15NS2. The summed E-state index contributed by atoms with van der Waals surface area (Å²) in [6, 6.07) is 4.17. The SMILES string of the molecule is C=C/C(=C\C=C/C)Sc1ccc(CN)s1. The van der Waals surface area contributed by atoms with E-state index in [9.17, 15) is 0 Å². The van der Waals surface area contributed by atoms with Crippen molar-refractivity contribution in [2.24, 2.45) is 5.73 Å². The van der Waals surface area contributed by atoms with Crippen molar-refractivity contribution in [2.45, 2.75) is 17.7 Å². The van der Waals surface area contributed by atoms with Gasteiger partial charge in [0.05, 0.1) is 4.21 Å². The van der Waals surface area contributed by atoms with Crippen molar-refractivity contribution >= 4 is 23.1 Å². The molecule has 2 N–H and O–H groups in total. The molecule has 0 saturated heterocycles. The van der Waals surface area contributed by atoms with Crippen LogP contribution in [0.3, 0.4) is 0 Å². The van der Waals surface area contributed by atoms with Crippen LogP contribution in [0.15, 0.2) is 52.1 Å². The van der Waals surface area contributed by atoms with Gasteiger partial charge in [-0.3, -0.25) is 0 Å². The molecule has 1 aromatic heterocycles. The van der Waals surface area contributed by atoms with Gasteiger partial charge in [0.15, 0.2) is 0 Å². The van der Waals surface area contributed by atoms with Crippen LogP contribution in [-0.2, 0) is 6.54 Å². The largest absolute Gasteiger partial charge is 0.326 e. The third kappa shape index (κ3) is 4.08. The topological polar surface area (TPSA) is 26.0 Å². The highest BCUT2D eigenvalue weighted by atomic mass is 32.2. The van der Waals surface area contributed by atoms with E-state index in [0.29, 0.717) is 6.54 Å². The van der Waals surface area contributed by atoms with Gasteiger partial charge in [0.2, 0.25) is 0 Å². The van der Waals surface area contributed by atoms with Gasteiger partial charge in [0.25, 0.3) is 0 Å². The molecule has 0 aliphatic carbocycles. The maximum absolute atomic E-state index is 5.56. The second-order valence-corrected chi connectivity index (χ2v) is 5.37. The fourth-order valence-electron chi connectivity index (χ4n) is 0.974. The number of rotatable bonds is 5. The van der Waals surface area contributed by atoms with Crippen LogP contribution in [0.4, 0.5) is 0 Å². The first-order chi connectivity index (χ1) is 7.30. The van der Waals surface area contributed by atoms with Gasteiger partial charge in [-0.1, -0.05) is 36.6 Å². The summed E-state index contributed by atoms with van der Waals surface area (Å²) < 4.78 is 1.26. The molecule has 3 heteroatoms. The van der Waals surface area contributed by atoms with Crippen molar-refractivity contribution in [1.29, 1.82) is 0 Å². The van der Waals surface area contributed by atoms with E-state index < -0.39 is 0 Å². The van der Waals surface area contributed by atoms with Gasteiger partial charge in [-0.05, 0) is 25.1 Å². The highest BCUT2D eigenvalue weighted by Crippen LogP contribution is 2.33. The molecule has 0 atom stereocenters. The summed E-state index contributed by atoms with van der Waals surface area (Å²) >= 11 is 3.45. The Morgan fingerprint density at radius 3 is 2.93 bits per heavy atom. The molecule has 0 saturated carbocycles. The van der Waals surface area contributed by atoms with E-state index in [4.69, 9.17) is 5.73 Å². The molecule has 0 amide bonds. The lowest BCUT2D eigenvalue weighted by Crippen LogP contribution is -1.90. The number of nitrogens with two attached hydrogens (primary N) is 1. The van der Waals surface area contributed by atoms with Gasteiger partial charge in [0.1, 0.15) is 0 Å². The fourth-order valence-corrected chi connectivity index (χ4v) is 2.96. The summed E-state index contributed by atoms with van der Waals surface area (Å²) in [5, 5.41) is 0. The minimum Gasteiger partial charge on any atom is -0.326 e. The standard InChI is InChI=1S/C12H15NS2/c1-3-5-6-10(4-2)14-12-8-7-11(9-13)15-12/h3-8H,2,9,13H2,1H3/b5-3-,10-6+. The lowest BCUT2D eigenvalue weighted by atomic mass is 10.4. The zero-order valence-electron chi connectivity index (χ0n) is 8.77. The van der Waals surface area contributed by atoms with Crippen LogP contribution in [0, 0.1) is 0 Å². The molecule has 0 unspecified atom stereocenters. The van der Waals surface area contributed by atoms with Crippen molar-refractivity contribution in [1.82, 2.24) is 0 Å². The molecule has 0 radical (unpaired) electrons. The minimum atomic E-state index is 0.618. The first-order valence-electron chi connectivity index (χ1n) is 4.72. The Kier molecular flexibility index (Phi) is 5.47. The maximum Gasteiger partial charge on any atom is 0.0649 e. The smallest absolute Gasteiger partial charge is 0.0649 e. The molecule has 1 heterocycles. The van der Waals surface area contributed by atoms with Crippen molar-refractivity contribution < 1.29 is 0 Å². The third-order valence-electron chi connectivity index (χ3n) is 1.71. The molecule has 0 bridgehead atoms. The van der Waals surface area contributed by atoms with Crippen LogP contribution in [0.2, 0.25) is 0 Å². The predicted molar refractivity (Wildman–Crippen MR) is 71.2 cm³/mol. The fraction of sp³-hybridized carbons (Fsp3) is 0.167. The first-order valence-corrected chi connectivity index (χ1v) is 6.35. The number of thiophene rings is 1. The minimum absolute atomic E-state index is 0.618. The summed E-state index contributed by atoms with van der Waals surface area (Å²) in [6.07, 6.45) is 7.94. The monoisotopic (exact) mass is 237 g/mol. The van der Waals surface area contributed by atoms with Gasteiger partial charge in [-0.2, -0.15) is 0 Å². The molecule has 1 aromatic rings. The third-order valence-corrected chi connectivity index (χ3v) is 3.99. The number of hydrogen-bond acceptors (Lipinski definition) is 3. The van der Waals surface area contributed by atoms with Gasteiger partial charge < -0.3 is 5.73 Å². The molecule has 15 heavy (non-hydrogen) atoms. The second-order valence-electron chi connectivity index (χ2n) is 2.83. The lowest BCUT2D eigenvalue weighted by molar-refractivity contribution is 1.11. The zero-order valence-corrected chi connectivity index (χ0v) is 10.4. The van der Waals surface area contributed by atoms with Crippen LogP contribution < -0.4 is 5.73 Å². The van der Waals surface area contributed by atoms with Crippen LogP contribution in [0.5, 0.6) is 0 Å². The molecule has 0 aromatic carbocycles. The van der Waals surface area contributed by atoms with Crippen LogP contribution >= 0.6 is 23.1 Å². The molecule has 0 fully saturated rings. The molecule has 1 nitrogen and oxygen atoms in total. The zero-order chi connectivity index (χ0) is 11.1. The Morgan fingerprint density at radius 2 is 2.40 bits per heavy atom. The molecule has 80 valence electrons. The summed E-state index contributed by atoms with van der Waals surface area (Å²) in [4.78, 5) is 2.37. The Balaban J connectivity index is 2.70. The number of hydrogen-bond donors (Lipinski definition) is 1. The van der Waals surface area contributed by atoms with Crippen LogP contribution in [-0.4, -0.2) is 0 Å². The summed E-state index contributed by atoms with van der Waals surface area (Å²) in [5.41, 5.74) is 5.56. The molecule has 0 aliphatic rings. The first kappa shape index (κ1) is 12.3. The number of thioether (sulfide) groups is 1. The van der Waals surface area contributed by atoms with E-state index >= 15 is 0 Å². The molecular weight excluding hydrogens is 222 g/mol. The summed E-state index contributed by atoms with van der Waals surface area (Å²) in [5.74, 6) is 0. The second kappa shape index (κ2) is 6.67. The predicted octanol–water partition coefficient (Wildman–Crippen LogP) is 3.94. The van der Waals surface area contributed by atoms with Crippen molar-refractivity contribution in [3.05, 3.63) is 52.8 Å². The van der Waals surface area contributed by atoms with E-state index in [-0.39, 0.29) is 0 Å². The van der Waals surface area contributed by atoms with E-state index in [1.54, 1.807) is 23.1 Å². The van der Waals surface area contributed by atoms with Gasteiger partial charge in [0, 0.05) is 16.3 Å². The summed E-state index contributed by atoms with van der Waals surface area (Å²) in [6.45, 7) is 6.41. The Labute approximate surface area is 99.4 Å². The number of allylic oxidation sites excluding steroid dienone is 4. The molecule has 0 aliphatic heterocycles. The van der Waals surface area contributed by atoms with Crippen molar-refractivity contribution in [2.75, 3.05) is 0 Å². The van der Waals surface area contributed by atoms with Gasteiger partial charge in [-0.15, -0.1) is 11.3 Å². The average Bonchev–Trinajstić information content (AvgIpc) is 2.71. The summed E-state index contributed by atoms with van der Waals surface area (Å²) in [7, 11) is 0. The van der Waals surface area contributed by atoms with E-state index in [1.807, 2.05) is 25.2 Å². The lowest BCUT2D eigenvalue weighted by Gasteiger charge is -1.96. The van der Waals surface area contributed by atoms with Gasteiger partial charge >= 0.3 is 0 Å². The van der Waals surface area contributed by atoms with Gasteiger partial charge in [-0.25, -0.2) is 0 Å². The van der Waals surface area contributed by atoms with E-state index in [0.717, 1.165) is 4.91 Å². The highest BCUT2D eigenvalue weighted by molar-refractivity contribution is 8.05. The van der Waals surface area contributed by atoms with Crippen LogP contribution in [0.25, 0.3) is 0 Å². The van der Waals surface area contributed by atoms with Crippen LogP contribution in [0.1, 0.15) is 11.8 Å². The van der Waals surface area contributed by atoms with E-state index in [1.165, 1.54) is 9.09 Å². The Hall–Kier alpha value is -0.770. The Morgan fingerprint density at radius 1 is 1.60 bits per heavy atom. The quantitative estimate of drug-likeness (QED) is 0.620. The Bertz CT molecular complexity index is 375. The highest BCUT2D eigenvalue weighted by Gasteiger charge is 2.00.